The van der Waals surface area contributed by atoms with Crippen LogP contribution in [0.5, 0.6) is 0 Å². The average molecular weight is 216 g/mol. The molecule has 2 rings (SSSR count). The van der Waals surface area contributed by atoms with E-state index in [0.717, 1.165) is 5.92 Å². The summed E-state index contributed by atoms with van der Waals surface area (Å²) in [6, 6.07) is 9.08. The quantitative estimate of drug-likeness (QED) is 0.617. The van der Waals surface area contributed by atoms with Crippen molar-refractivity contribution in [2.45, 2.75) is 64.2 Å². The fourth-order valence-corrected chi connectivity index (χ4v) is 2.95. The van der Waals surface area contributed by atoms with E-state index in [1.807, 2.05) is 0 Å². The molecule has 0 N–H and O–H groups in total. The summed E-state index contributed by atoms with van der Waals surface area (Å²) >= 11 is 0. The lowest BCUT2D eigenvalue weighted by atomic mass is 9.76. The van der Waals surface area contributed by atoms with Gasteiger partial charge >= 0.3 is 0 Å². The van der Waals surface area contributed by atoms with Crippen LogP contribution in [0.1, 0.15) is 69.9 Å². The van der Waals surface area contributed by atoms with Crippen LogP contribution in [0.15, 0.2) is 24.3 Å². The Bertz CT molecular complexity index is 337. The predicted octanol–water partition coefficient (Wildman–Crippen LogP) is 5.03. The molecule has 1 saturated carbocycles. The summed E-state index contributed by atoms with van der Waals surface area (Å²) in [5.41, 5.74) is 3.46. The molecule has 0 saturated heterocycles. The fraction of sp³-hybridized carbons (Fsp3) is 0.625. The molecule has 0 amide bonds. The lowest BCUT2D eigenvalue weighted by Gasteiger charge is -2.29. The minimum atomic E-state index is 0.286. The van der Waals surface area contributed by atoms with Crippen molar-refractivity contribution in [1.82, 2.24) is 0 Å². The summed E-state index contributed by atoms with van der Waals surface area (Å²) < 4.78 is 0. The first-order valence-corrected chi connectivity index (χ1v) is 6.68. The van der Waals surface area contributed by atoms with Gasteiger partial charge in [-0.15, -0.1) is 0 Å². The molecule has 1 fully saturated rings. The molecule has 0 nitrogen and oxygen atoms in total. The molecule has 1 aliphatic carbocycles. The second kappa shape index (κ2) is 4.61. The van der Waals surface area contributed by atoms with Crippen molar-refractivity contribution in [3.8, 4) is 0 Å². The van der Waals surface area contributed by atoms with Crippen LogP contribution in [0.3, 0.4) is 0 Å². The van der Waals surface area contributed by atoms with Gasteiger partial charge in [0.1, 0.15) is 0 Å². The molecule has 88 valence electrons. The van der Waals surface area contributed by atoms with E-state index in [9.17, 15) is 0 Å². The molecule has 0 aromatic heterocycles. The smallest absolute Gasteiger partial charge is 0.0129 e. The summed E-state index contributed by atoms with van der Waals surface area (Å²) in [6.45, 7) is 6.98. The normalized spacial score (nSPS) is 18.7. The lowest BCUT2D eigenvalue weighted by Crippen LogP contribution is -2.17. The van der Waals surface area contributed by atoms with E-state index < -0.39 is 0 Å². The summed E-state index contributed by atoms with van der Waals surface area (Å²) in [6.07, 6.45) is 7.07. The van der Waals surface area contributed by atoms with Crippen molar-refractivity contribution >= 4 is 0 Å². The van der Waals surface area contributed by atoms with Crippen LogP contribution >= 0.6 is 0 Å². The van der Waals surface area contributed by atoms with E-state index >= 15 is 0 Å². The number of rotatable bonds is 1. The van der Waals surface area contributed by atoms with E-state index in [-0.39, 0.29) is 5.41 Å². The Hall–Kier alpha value is -0.780. The zero-order valence-corrected chi connectivity index (χ0v) is 10.9. The number of hydrogen-bond acceptors (Lipinski definition) is 0. The SMILES string of the molecule is CC(C)(C)c1ccccc1C1CCCCC1. The second-order valence-corrected chi connectivity index (χ2v) is 6.17. The van der Waals surface area contributed by atoms with Gasteiger partial charge in [0.05, 0.1) is 0 Å². The van der Waals surface area contributed by atoms with Crippen molar-refractivity contribution in [1.29, 1.82) is 0 Å². The van der Waals surface area contributed by atoms with Crippen LogP contribution in [-0.2, 0) is 5.41 Å². The van der Waals surface area contributed by atoms with Gasteiger partial charge in [-0.25, -0.2) is 0 Å². The topological polar surface area (TPSA) is 0 Å². The summed E-state index contributed by atoms with van der Waals surface area (Å²) in [4.78, 5) is 0. The van der Waals surface area contributed by atoms with Gasteiger partial charge in [-0.3, -0.25) is 0 Å². The zero-order chi connectivity index (χ0) is 11.6. The predicted molar refractivity (Wildman–Crippen MR) is 71.0 cm³/mol. The Morgan fingerprint density at radius 1 is 0.938 bits per heavy atom. The van der Waals surface area contributed by atoms with E-state index in [4.69, 9.17) is 0 Å². The summed E-state index contributed by atoms with van der Waals surface area (Å²) in [5.74, 6) is 0.823. The molecule has 0 bridgehead atoms. The maximum absolute atomic E-state index is 2.36. The first-order valence-electron chi connectivity index (χ1n) is 6.68. The highest BCUT2D eigenvalue weighted by molar-refractivity contribution is 5.35. The lowest BCUT2D eigenvalue weighted by molar-refractivity contribution is 0.435. The van der Waals surface area contributed by atoms with Crippen LogP contribution in [0.2, 0.25) is 0 Å². The highest BCUT2D eigenvalue weighted by Gasteiger charge is 2.23. The van der Waals surface area contributed by atoms with Crippen LogP contribution < -0.4 is 0 Å². The Balaban J connectivity index is 2.32. The van der Waals surface area contributed by atoms with Crippen molar-refractivity contribution in [3.05, 3.63) is 35.4 Å². The molecule has 1 aliphatic rings. The zero-order valence-electron chi connectivity index (χ0n) is 10.9. The molecular weight excluding hydrogens is 192 g/mol. The van der Waals surface area contributed by atoms with Gasteiger partial charge < -0.3 is 0 Å². The van der Waals surface area contributed by atoms with Crippen LogP contribution in [-0.4, -0.2) is 0 Å². The molecule has 1 aromatic rings. The summed E-state index contributed by atoms with van der Waals surface area (Å²) in [5, 5.41) is 0. The van der Waals surface area contributed by atoms with E-state index in [0.29, 0.717) is 0 Å². The van der Waals surface area contributed by atoms with Gasteiger partial charge in [-0.05, 0) is 35.3 Å². The Kier molecular flexibility index (Phi) is 3.37. The molecular formula is C16H24. The Morgan fingerprint density at radius 3 is 2.19 bits per heavy atom. The number of benzene rings is 1. The minimum absolute atomic E-state index is 0.286. The molecule has 0 heterocycles. The Labute approximate surface area is 100 Å². The first-order chi connectivity index (χ1) is 7.59. The molecule has 16 heavy (non-hydrogen) atoms. The van der Waals surface area contributed by atoms with Gasteiger partial charge in [0, 0.05) is 0 Å². The fourth-order valence-electron chi connectivity index (χ4n) is 2.95. The Morgan fingerprint density at radius 2 is 1.56 bits per heavy atom. The molecule has 0 heteroatoms. The average Bonchev–Trinajstić information content (AvgIpc) is 2.29. The highest BCUT2D eigenvalue weighted by Crippen LogP contribution is 2.38. The number of hydrogen-bond donors (Lipinski definition) is 0. The van der Waals surface area contributed by atoms with E-state index in [1.54, 1.807) is 11.1 Å². The molecule has 0 aliphatic heterocycles. The van der Waals surface area contributed by atoms with Crippen molar-refractivity contribution < 1.29 is 0 Å². The van der Waals surface area contributed by atoms with Crippen LogP contribution in [0.25, 0.3) is 0 Å². The molecule has 0 unspecified atom stereocenters. The van der Waals surface area contributed by atoms with Crippen molar-refractivity contribution in [2.75, 3.05) is 0 Å². The molecule has 0 atom stereocenters. The molecule has 1 aromatic carbocycles. The van der Waals surface area contributed by atoms with E-state index in [2.05, 4.69) is 45.0 Å². The maximum atomic E-state index is 2.36. The highest BCUT2D eigenvalue weighted by atomic mass is 14.3. The summed E-state index contributed by atoms with van der Waals surface area (Å²) in [7, 11) is 0. The first kappa shape index (κ1) is 11.7. The van der Waals surface area contributed by atoms with Gasteiger partial charge in [-0.1, -0.05) is 64.3 Å². The van der Waals surface area contributed by atoms with Gasteiger partial charge in [0.15, 0.2) is 0 Å². The second-order valence-electron chi connectivity index (χ2n) is 6.17. The van der Waals surface area contributed by atoms with Crippen LogP contribution in [0.4, 0.5) is 0 Å². The maximum Gasteiger partial charge on any atom is -0.0129 e. The molecule has 0 radical (unpaired) electrons. The monoisotopic (exact) mass is 216 g/mol. The van der Waals surface area contributed by atoms with Crippen LogP contribution in [0, 0.1) is 0 Å². The van der Waals surface area contributed by atoms with Crippen molar-refractivity contribution in [3.63, 3.8) is 0 Å². The van der Waals surface area contributed by atoms with Gasteiger partial charge in [0.2, 0.25) is 0 Å². The van der Waals surface area contributed by atoms with E-state index in [1.165, 1.54) is 32.1 Å². The third-order valence-electron chi connectivity index (χ3n) is 3.81. The minimum Gasteiger partial charge on any atom is -0.0620 e. The van der Waals surface area contributed by atoms with Crippen molar-refractivity contribution in [2.24, 2.45) is 0 Å². The third-order valence-corrected chi connectivity index (χ3v) is 3.81. The van der Waals surface area contributed by atoms with Gasteiger partial charge in [0.25, 0.3) is 0 Å². The molecule has 0 spiro atoms. The standard InChI is InChI=1S/C16H24/c1-16(2,3)15-12-8-7-11-14(15)13-9-5-4-6-10-13/h7-8,11-13H,4-6,9-10H2,1-3H3. The van der Waals surface area contributed by atoms with Gasteiger partial charge in [-0.2, -0.15) is 0 Å². The third kappa shape index (κ3) is 2.48. The largest absolute Gasteiger partial charge is 0.0620 e.